The summed E-state index contributed by atoms with van der Waals surface area (Å²) in [6.45, 7) is 3.23. The molecule has 1 atom stereocenters. The first-order valence-electron chi connectivity index (χ1n) is 6.79. The predicted molar refractivity (Wildman–Crippen MR) is 76.6 cm³/mol. The number of oxime groups is 1. The van der Waals surface area contributed by atoms with E-state index in [2.05, 4.69) is 5.16 Å². The molecule has 0 N–H and O–H groups in total. The van der Waals surface area contributed by atoms with Gasteiger partial charge in [0.15, 0.2) is 6.10 Å². The SMILES string of the molecule is CCN(CC1CC(c2ccccc2)=NO1)C(=O)COC. The molecular weight excluding hydrogens is 256 g/mol. The minimum absolute atomic E-state index is 0.0215. The number of methoxy groups -OCH3 is 1. The van der Waals surface area contributed by atoms with E-state index in [9.17, 15) is 4.79 Å². The number of hydrogen-bond acceptors (Lipinski definition) is 4. The summed E-state index contributed by atoms with van der Waals surface area (Å²) in [7, 11) is 1.52. The minimum atomic E-state index is -0.0778. The molecule has 1 heterocycles. The van der Waals surface area contributed by atoms with E-state index in [4.69, 9.17) is 9.57 Å². The van der Waals surface area contributed by atoms with Gasteiger partial charge in [0.25, 0.3) is 0 Å². The molecule has 0 radical (unpaired) electrons. The van der Waals surface area contributed by atoms with Crippen molar-refractivity contribution in [2.75, 3.05) is 26.8 Å². The Morgan fingerprint density at radius 2 is 2.20 bits per heavy atom. The van der Waals surface area contributed by atoms with E-state index in [1.54, 1.807) is 4.90 Å². The lowest BCUT2D eigenvalue weighted by Gasteiger charge is -2.22. The third kappa shape index (κ3) is 3.57. The number of nitrogens with zero attached hydrogens (tertiary/aromatic N) is 2. The Balaban J connectivity index is 1.90. The van der Waals surface area contributed by atoms with Crippen molar-refractivity contribution in [2.24, 2.45) is 5.16 Å². The molecule has 5 nitrogen and oxygen atoms in total. The fraction of sp³-hybridized carbons (Fsp3) is 0.467. The van der Waals surface area contributed by atoms with E-state index in [0.717, 1.165) is 17.7 Å². The van der Waals surface area contributed by atoms with Gasteiger partial charge in [-0.25, -0.2) is 0 Å². The van der Waals surface area contributed by atoms with Crippen LogP contribution in [0.2, 0.25) is 0 Å². The second-order valence-corrected chi connectivity index (χ2v) is 4.70. The standard InChI is InChI=1S/C15H20N2O3/c1-3-17(15(18)11-19-2)10-13-9-14(16-20-13)12-7-5-4-6-8-12/h4-8,13H,3,9-11H2,1-2H3. The van der Waals surface area contributed by atoms with Crippen molar-refractivity contribution in [3.8, 4) is 0 Å². The molecular formula is C15H20N2O3. The van der Waals surface area contributed by atoms with Crippen molar-refractivity contribution in [3.63, 3.8) is 0 Å². The highest BCUT2D eigenvalue weighted by Gasteiger charge is 2.25. The number of ether oxygens (including phenoxy) is 1. The highest BCUT2D eigenvalue weighted by atomic mass is 16.6. The Morgan fingerprint density at radius 3 is 2.85 bits per heavy atom. The van der Waals surface area contributed by atoms with Gasteiger partial charge in [0, 0.05) is 20.1 Å². The average molecular weight is 276 g/mol. The molecule has 0 fully saturated rings. The Morgan fingerprint density at radius 1 is 1.45 bits per heavy atom. The summed E-state index contributed by atoms with van der Waals surface area (Å²) in [5, 5.41) is 4.13. The van der Waals surface area contributed by atoms with Crippen LogP contribution in [0.3, 0.4) is 0 Å². The molecule has 1 aliphatic rings. The fourth-order valence-corrected chi connectivity index (χ4v) is 2.20. The first-order valence-corrected chi connectivity index (χ1v) is 6.79. The average Bonchev–Trinajstić information content (AvgIpc) is 2.94. The maximum absolute atomic E-state index is 11.8. The highest BCUT2D eigenvalue weighted by molar-refractivity contribution is 6.01. The molecule has 1 amide bonds. The van der Waals surface area contributed by atoms with E-state index in [-0.39, 0.29) is 18.6 Å². The van der Waals surface area contributed by atoms with E-state index in [0.29, 0.717) is 13.1 Å². The molecule has 0 saturated heterocycles. The van der Waals surface area contributed by atoms with E-state index >= 15 is 0 Å². The van der Waals surface area contributed by atoms with E-state index < -0.39 is 0 Å². The summed E-state index contributed by atoms with van der Waals surface area (Å²) in [6.07, 6.45) is 0.645. The van der Waals surface area contributed by atoms with Crippen LogP contribution >= 0.6 is 0 Å². The molecule has 108 valence electrons. The van der Waals surface area contributed by atoms with Crippen LogP contribution in [0.4, 0.5) is 0 Å². The van der Waals surface area contributed by atoms with Gasteiger partial charge in [-0.3, -0.25) is 4.79 Å². The van der Waals surface area contributed by atoms with Crippen molar-refractivity contribution < 1.29 is 14.4 Å². The number of amides is 1. The summed E-state index contributed by atoms with van der Waals surface area (Å²) < 4.78 is 4.88. The van der Waals surface area contributed by atoms with Gasteiger partial charge < -0.3 is 14.5 Å². The van der Waals surface area contributed by atoms with Gasteiger partial charge in [-0.05, 0) is 12.5 Å². The lowest BCUT2D eigenvalue weighted by Crippen LogP contribution is -2.39. The van der Waals surface area contributed by atoms with Gasteiger partial charge in [-0.15, -0.1) is 0 Å². The zero-order valence-corrected chi connectivity index (χ0v) is 11.9. The first kappa shape index (κ1) is 14.5. The van der Waals surface area contributed by atoms with E-state index in [1.807, 2.05) is 37.3 Å². The minimum Gasteiger partial charge on any atom is -0.390 e. The van der Waals surface area contributed by atoms with Crippen LogP contribution in [0.1, 0.15) is 18.9 Å². The number of carbonyl (C=O) groups excluding carboxylic acids is 1. The van der Waals surface area contributed by atoms with Crippen LogP contribution in [0.5, 0.6) is 0 Å². The van der Waals surface area contributed by atoms with Crippen LogP contribution in [-0.4, -0.2) is 49.4 Å². The topological polar surface area (TPSA) is 51.1 Å². The second kappa shape index (κ2) is 7.05. The summed E-state index contributed by atoms with van der Waals surface area (Å²) in [5.41, 5.74) is 2.01. The maximum Gasteiger partial charge on any atom is 0.248 e. The third-order valence-corrected chi connectivity index (χ3v) is 3.27. The fourth-order valence-electron chi connectivity index (χ4n) is 2.20. The monoisotopic (exact) mass is 276 g/mol. The first-order chi connectivity index (χ1) is 9.74. The molecule has 0 aliphatic carbocycles. The second-order valence-electron chi connectivity index (χ2n) is 4.70. The lowest BCUT2D eigenvalue weighted by molar-refractivity contribution is -0.136. The summed E-state index contributed by atoms with van der Waals surface area (Å²) in [5.74, 6) is -0.0215. The predicted octanol–water partition coefficient (Wildman–Crippen LogP) is 1.67. The largest absolute Gasteiger partial charge is 0.390 e. The van der Waals surface area contributed by atoms with Crippen LogP contribution in [0.25, 0.3) is 0 Å². The molecule has 20 heavy (non-hydrogen) atoms. The molecule has 1 unspecified atom stereocenters. The van der Waals surface area contributed by atoms with Gasteiger partial charge in [0.05, 0.1) is 12.3 Å². The lowest BCUT2D eigenvalue weighted by atomic mass is 10.0. The zero-order valence-electron chi connectivity index (χ0n) is 11.9. The zero-order chi connectivity index (χ0) is 14.4. The van der Waals surface area contributed by atoms with Crippen LogP contribution in [-0.2, 0) is 14.4 Å². The van der Waals surface area contributed by atoms with Crippen LogP contribution in [0, 0.1) is 0 Å². The van der Waals surface area contributed by atoms with Gasteiger partial charge in [-0.2, -0.15) is 0 Å². The molecule has 0 saturated carbocycles. The Hall–Kier alpha value is -1.88. The van der Waals surface area contributed by atoms with Crippen LogP contribution in [0.15, 0.2) is 35.5 Å². The van der Waals surface area contributed by atoms with Gasteiger partial charge in [0.1, 0.15) is 6.61 Å². The maximum atomic E-state index is 11.8. The van der Waals surface area contributed by atoms with Crippen molar-refractivity contribution in [3.05, 3.63) is 35.9 Å². The number of likely N-dealkylation sites (N-methyl/N-ethyl adjacent to an activating group) is 1. The molecule has 0 aromatic heterocycles. The summed E-state index contributed by atoms with van der Waals surface area (Å²) in [4.78, 5) is 19.0. The number of hydrogen-bond donors (Lipinski definition) is 0. The Labute approximate surface area is 119 Å². The number of carbonyl (C=O) groups is 1. The normalized spacial score (nSPS) is 17.5. The molecule has 2 rings (SSSR count). The van der Waals surface area contributed by atoms with Crippen LogP contribution < -0.4 is 0 Å². The Bertz CT molecular complexity index is 473. The number of benzene rings is 1. The summed E-state index contributed by atoms with van der Waals surface area (Å²) in [6, 6.07) is 9.95. The Kier molecular flexibility index (Phi) is 5.12. The van der Waals surface area contributed by atoms with Crippen molar-refractivity contribution in [2.45, 2.75) is 19.4 Å². The van der Waals surface area contributed by atoms with Crippen molar-refractivity contribution >= 4 is 11.6 Å². The molecule has 0 bridgehead atoms. The smallest absolute Gasteiger partial charge is 0.248 e. The van der Waals surface area contributed by atoms with Gasteiger partial charge >= 0.3 is 0 Å². The van der Waals surface area contributed by atoms with Gasteiger partial charge in [0.2, 0.25) is 5.91 Å². The van der Waals surface area contributed by atoms with Gasteiger partial charge in [-0.1, -0.05) is 35.5 Å². The molecule has 1 aromatic rings. The molecule has 1 aromatic carbocycles. The highest BCUT2D eigenvalue weighted by Crippen LogP contribution is 2.17. The summed E-state index contributed by atoms with van der Waals surface area (Å²) >= 11 is 0. The number of rotatable bonds is 6. The molecule has 1 aliphatic heterocycles. The van der Waals surface area contributed by atoms with Crippen molar-refractivity contribution in [1.82, 2.24) is 4.90 Å². The van der Waals surface area contributed by atoms with E-state index in [1.165, 1.54) is 7.11 Å². The molecule has 0 spiro atoms. The third-order valence-electron chi connectivity index (χ3n) is 3.27. The molecule has 5 heteroatoms. The quantitative estimate of drug-likeness (QED) is 0.794. The van der Waals surface area contributed by atoms with Crippen molar-refractivity contribution in [1.29, 1.82) is 0 Å².